The largest absolute Gasteiger partial charge is 0.497 e. The van der Waals surface area contributed by atoms with Crippen LogP contribution in [0.25, 0.3) is 0 Å². The number of ether oxygens (including phenoxy) is 1. The minimum absolute atomic E-state index is 0.512. The van der Waals surface area contributed by atoms with Crippen molar-refractivity contribution < 1.29 is 9.84 Å². The summed E-state index contributed by atoms with van der Waals surface area (Å²) in [5.74, 6) is 1.28. The van der Waals surface area contributed by atoms with Crippen molar-refractivity contribution in [1.82, 2.24) is 9.88 Å². The standard InChI is InChI=1S/C16H16N2O2S2/c1-20-14-6-4-13(5-7-14)16(19)11-22-15(21)18(16)10-12-3-2-8-17-9-12/h2-9,19H,10-11H2,1H3. The van der Waals surface area contributed by atoms with Crippen LogP contribution < -0.4 is 4.74 Å². The molecule has 0 bridgehead atoms. The van der Waals surface area contributed by atoms with E-state index in [2.05, 4.69) is 4.98 Å². The predicted octanol–water partition coefficient (Wildman–Crippen LogP) is 2.77. The van der Waals surface area contributed by atoms with Gasteiger partial charge in [0.2, 0.25) is 0 Å². The van der Waals surface area contributed by atoms with Crippen LogP contribution in [0.4, 0.5) is 0 Å². The molecule has 0 amide bonds. The molecule has 2 aromatic rings. The highest BCUT2D eigenvalue weighted by atomic mass is 32.2. The zero-order valence-corrected chi connectivity index (χ0v) is 13.7. The van der Waals surface area contributed by atoms with E-state index in [0.717, 1.165) is 16.9 Å². The first-order valence-corrected chi connectivity index (χ1v) is 8.23. The lowest BCUT2D eigenvalue weighted by Crippen LogP contribution is -2.44. The van der Waals surface area contributed by atoms with Crippen molar-refractivity contribution in [3.8, 4) is 5.75 Å². The van der Waals surface area contributed by atoms with Gasteiger partial charge in [-0.25, -0.2) is 0 Å². The second kappa shape index (κ2) is 6.24. The van der Waals surface area contributed by atoms with E-state index in [1.807, 2.05) is 41.3 Å². The average molecular weight is 332 g/mol. The highest BCUT2D eigenvalue weighted by Gasteiger charge is 2.43. The highest BCUT2D eigenvalue weighted by molar-refractivity contribution is 8.23. The Morgan fingerprint density at radius 1 is 1.36 bits per heavy atom. The Hall–Kier alpha value is -1.63. The van der Waals surface area contributed by atoms with Crippen LogP contribution in [0.2, 0.25) is 0 Å². The van der Waals surface area contributed by atoms with E-state index in [0.29, 0.717) is 16.6 Å². The average Bonchev–Trinajstić information content (AvgIpc) is 2.85. The molecule has 1 aliphatic rings. The molecule has 4 nitrogen and oxygen atoms in total. The van der Waals surface area contributed by atoms with Crippen LogP contribution in [-0.4, -0.2) is 32.2 Å². The molecule has 1 unspecified atom stereocenters. The Bertz CT molecular complexity index is 664. The second-order valence-electron chi connectivity index (χ2n) is 5.05. The fourth-order valence-corrected chi connectivity index (χ4v) is 3.85. The van der Waals surface area contributed by atoms with Gasteiger partial charge in [-0.3, -0.25) is 4.98 Å². The van der Waals surface area contributed by atoms with Crippen LogP contribution in [-0.2, 0) is 12.3 Å². The summed E-state index contributed by atoms with van der Waals surface area (Å²) in [5.41, 5.74) is 0.716. The molecule has 2 heterocycles. The topological polar surface area (TPSA) is 45.6 Å². The third-order valence-electron chi connectivity index (χ3n) is 3.68. The van der Waals surface area contributed by atoms with Gasteiger partial charge in [0.05, 0.1) is 12.9 Å². The first-order valence-electron chi connectivity index (χ1n) is 6.84. The quantitative estimate of drug-likeness (QED) is 0.869. The summed E-state index contributed by atoms with van der Waals surface area (Å²) in [6.07, 6.45) is 3.52. The number of rotatable bonds is 4. The maximum Gasteiger partial charge on any atom is 0.175 e. The van der Waals surface area contributed by atoms with Gasteiger partial charge in [0, 0.05) is 24.5 Å². The maximum absolute atomic E-state index is 11.2. The number of methoxy groups -OCH3 is 1. The molecule has 0 aliphatic carbocycles. The first kappa shape index (κ1) is 15.3. The van der Waals surface area contributed by atoms with Crippen molar-refractivity contribution in [2.24, 2.45) is 0 Å². The lowest BCUT2D eigenvalue weighted by molar-refractivity contribution is -0.0509. The zero-order valence-electron chi connectivity index (χ0n) is 12.1. The lowest BCUT2D eigenvalue weighted by atomic mass is 10.0. The van der Waals surface area contributed by atoms with E-state index >= 15 is 0 Å². The summed E-state index contributed by atoms with van der Waals surface area (Å²) in [4.78, 5) is 5.97. The molecule has 1 aliphatic heterocycles. The third kappa shape index (κ3) is 2.82. The molecule has 1 aromatic heterocycles. The molecule has 0 saturated carbocycles. The van der Waals surface area contributed by atoms with Crippen molar-refractivity contribution in [2.75, 3.05) is 12.9 Å². The van der Waals surface area contributed by atoms with E-state index < -0.39 is 5.72 Å². The molecule has 22 heavy (non-hydrogen) atoms. The fraction of sp³-hybridized carbons (Fsp3) is 0.250. The third-order valence-corrected chi connectivity index (χ3v) is 5.27. The number of pyridine rings is 1. The Labute approximate surface area is 139 Å². The monoisotopic (exact) mass is 332 g/mol. The molecule has 1 N–H and O–H groups in total. The number of thiocarbonyl (C=S) groups is 1. The Kier molecular flexibility index (Phi) is 4.33. The number of hydrogen-bond donors (Lipinski definition) is 1. The summed E-state index contributed by atoms with van der Waals surface area (Å²) in [6.45, 7) is 0.530. The van der Waals surface area contributed by atoms with E-state index in [9.17, 15) is 5.11 Å². The Morgan fingerprint density at radius 2 is 2.14 bits per heavy atom. The van der Waals surface area contributed by atoms with Crippen LogP contribution in [0.15, 0.2) is 48.8 Å². The number of benzene rings is 1. The SMILES string of the molecule is COc1ccc(C2(O)CSC(=S)N2Cc2cccnc2)cc1. The van der Waals surface area contributed by atoms with Gasteiger partial charge < -0.3 is 14.7 Å². The summed E-state index contributed by atoms with van der Waals surface area (Å²) >= 11 is 6.91. The minimum Gasteiger partial charge on any atom is -0.497 e. The first-order chi connectivity index (χ1) is 10.6. The molecule has 0 spiro atoms. The summed E-state index contributed by atoms with van der Waals surface area (Å²) in [6, 6.07) is 11.3. The van der Waals surface area contributed by atoms with Crippen molar-refractivity contribution >= 4 is 28.3 Å². The number of nitrogens with zero attached hydrogens (tertiary/aromatic N) is 2. The highest BCUT2D eigenvalue weighted by Crippen LogP contribution is 2.40. The summed E-state index contributed by atoms with van der Waals surface area (Å²) in [7, 11) is 1.62. The van der Waals surface area contributed by atoms with Crippen LogP contribution in [0.3, 0.4) is 0 Å². The van der Waals surface area contributed by atoms with Gasteiger partial charge in [0.25, 0.3) is 0 Å². The van der Waals surface area contributed by atoms with Gasteiger partial charge in [0.15, 0.2) is 5.72 Å². The van der Waals surface area contributed by atoms with Gasteiger partial charge in [-0.15, -0.1) is 0 Å². The van der Waals surface area contributed by atoms with Crippen LogP contribution in [0, 0.1) is 0 Å². The number of aliphatic hydroxyl groups is 1. The normalized spacial score (nSPS) is 21.2. The van der Waals surface area contributed by atoms with Gasteiger partial charge >= 0.3 is 0 Å². The second-order valence-corrected chi connectivity index (χ2v) is 6.66. The Balaban J connectivity index is 1.90. The molecule has 1 fully saturated rings. The molecule has 1 atom stereocenters. The van der Waals surface area contributed by atoms with Crippen LogP contribution in [0.1, 0.15) is 11.1 Å². The molecule has 6 heteroatoms. The van der Waals surface area contributed by atoms with Crippen LogP contribution >= 0.6 is 24.0 Å². The van der Waals surface area contributed by atoms with Crippen molar-refractivity contribution in [2.45, 2.75) is 12.3 Å². The smallest absolute Gasteiger partial charge is 0.175 e. The van der Waals surface area contributed by atoms with Crippen molar-refractivity contribution in [3.63, 3.8) is 0 Å². The molecule has 1 aromatic carbocycles. The zero-order chi connectivity index (χ0) is 15.6. The number of thioether (sulfide) groups is 1. The minimum atomic E-state index is -1.11. The van der Waals surface area contributed by atoms with E-state index in [1.165, 1.54) is 11.8 Å². The van der Waals surface area contributed by atoms with E-state index in [4.69, 9.17) is 17.0 Å². The van der Waals surface area contributed by atoms with Gasteiger partial charge in [-0.1, -0.05) is 42.2 Å². The Morgan fingerprint density at radius 3 is 2.77 bits per heavy atom. The molecule has 1 saturated heterocycles. The molecular weight excluding hydrogens is 316 g/mol. The van der Waals surface area contributed by atoms with Crippen LogP contribution in [0.5, 0.6) is 5.75 Å². The van der Waals surface area contributed by atoms with E-state index in [-0.39, 0.29) is 0 Å². The molecule has 114 valence electrons. The number of hydrogen-bond acceptors (Lipinski definition) is 5. The van der Waals surface area contributed by atoms with E-state index in [1.54, 1.807) is 19.5 Å². The van der Waals surface area contributed by atoms with Gasteiger partial charge in [-0.2, -0.15) is 0 Å². The lowest BCUT2D eigenvalue weighted by Gasteiger charge is -2.34. The molecular formula is C16H16N2O2S2. The summed E-state index contributed by atoms with van der Waals surface area (Å²) in [5, 5.41) is 11.2. The van der Waals surface area contributed by atoms with Gasteiger partial charge in [0.1, 0.15) is 10.1 Å². The van der Waals surface area contributed by atoms with Crippen molar-refractivity contribution in [3.05, 3.63) is 59.9 Å². The van der Waals surface area contributed by atoms with Gasteiger partial charge in [-0.05, 0) is 23.8 Å². The summed E-state index contributed by atoms with van der Waals surface area (Å²) < 4.78 is 5.87. The number of aromatic nitrogens is 1. The molecule has 0 radical (unpaired) electrons. The maximum atomic E-state index is 11.2. The molecule has 3 rings (SSSR count). The van der Waals surface area contributed by atoms with Crippen molar-refractivity contribution in [1.29, 1.82) is 0 Å². The fourth-order valence-electron chi connectivity index (χ4n) is 2.44. The predicted molar refractivity (Wildman–Crippen MR) is 91.7 cm³/mol.